The number of aryl methyl sites for hydroxylation is 1. The number of amides is 1. The Bertz CT molecular complexity index is 1240. The third-order valence-electron chi connectivity index (χ3n) is 5.28. The van der Waals surface area contributed by atoms with Gasteiger partial charge in [0.15, 0.2) is 11.5 Å². The Morgan fingerprint density at radius 1 is 1.00 bits per heavy atom. The number of nitrogens with zero attached hydrogens (tertiary/aromatic N) is 1. The zero-order chi connectivity index (χ0) is 22.7. The number of anilines is 1. The minimum atomic E-state index is -3.51. The van der Waals surface area contributed by atoms with Crippen LogP contribution in [0.2, 0.25) is 0 Å². The molecular weight excluding hydrogens is 428 g/mol. The Labute approximate surface area is 187 Å². The number of rotatable bonds is 7. The number of carbonyl (C=O) groups is 1. The summed E-state index contributed by atoms with van der Waals surface area (Å²) in [6.07, 6.45) is 1.18. The fourth-order valence-corrected chi connectivity index (χ4v) is 4.33. The number of fused-ring (bicyclic) bond motifs is 1. The highest BCUT2D eigenvalue weighted by molar-refractivity contribution is 7.92. The molecule has 1 amide bonds. The molecule has 0 radical (unpaired) electrons. The predicted molar refractivity (Wildman–Crippen MR) is 122 cm³/mol. The number of nitrogens with one attached hydrogen (secondary N) is 1. The molecule has 166 valence electrons. The van der Waals surface area contributed by atoms with Gasteiger partial charge in [0.05, 0.1) is 18.5 Å². The van der Waals surface area contributed by atoms with Crippen LogP contribution >= 0.6 is 0 Å². The van der Waals surface area contributed by atoms with Crippen LogP contribution in [0.5, 0.6) is 11.5 Å². The van der Waals surface area contributed by atoms with E-state index in [0.717, 1.165) is 16.7 Å². The van der Waals surface area contributed by atoms with E-state index in [0.29, 0.717) is 29.3 Å². The lowest BCUT2D eigenvalue weighted by atomic mass is 10.1. The van der Waals surface area contributed by atoms with Gasteiger partial charge in [-0.25, -0.2) is 8.42 Å². The van der Waals surface area contributed by atoms with Crippen LogP contribution in [0.25, 0.3) is 0 Å². The minimum Gasteiger partial charge on any atom is -0.454 e. The lowest BCUT2D eigenvalue weighted by Gasteiger charge is -2.23. The second-order valence-electron chi connectivity index (χ2n) is 7.61. The van der Waals surface area contributed by atoms with Crippen LogP contribution in [-0.2, 0) is 23.1 Å². The van der Waals surface area contributed by atoms with E-state index >= 15 is 0 Å². The normalized spacial score (nSPS) is 12.4. The number of hydrogen-bond acceptors (Lipinski definition) is 5. The van der Waals surface area contributed by atoms with Gasteiger partial charge in [-0.1, -0.05) is 30.3 Å². The van der Waals surface area contributed by atoms with E-state index in [1.807, 2.05) is 49.4 Å². The molecule has 0 aliphatic carbocycles. The van der Waals surface area contributed by atoms with Crippen LogP contribution < -0.4 is 19.1 Å². The van der Waals surface area contributed by atoms with Crippen molar-refractivity contribution in [1.29, 1.82) is 0 Å². The molecule has 0 spiro atoms. The van der Waals surface area contributed by atoms with Crippen molar-refractivity contribution in [2.75, 3.05) is 17.4 Å². The lowest BCUT2D eigenvalue weighted by molar-refractivity contribution is 0.0951. The maximum atomic E-state index is 12.6. The fraction of sp³-hybridized carbons (Fsp3) is 0.208. The van der Waals surface area contributed by atoms with Crippen molar-refractivity contribution in [3.05, 3.63) is 89.0 Å². The number of carbonyl (C=O) groups excluding carboxylic acids is 1. The van der Waals surface area contributed by atoms with Gasteiger partial charge in [-0.2, -0.15) is 0 Å². The van der Waals surface area contributed by atoms with E-state index < -0.39 is 10.0 Å². The molecule has 0 fully saturated rings. The molecule has 1 aliphatic heterocycles. The first-order valence-electron chi connectivity index (χ1n) is 10.1. The molecule has 8 heteroatoms. The summed E-state index contributed by atoms with van der Waals surface area (Å²) in [7, 11) is -3.51. The van der Waals surface area contributed by atoms with Gasteiger partial charge in [-0.05, 0) is 60.0 Å². The highest BCUT2D eigenvalue weighted by Crippen LogP contribution is 2.32. The second kappa shape index (κ2) is 8.92. The van der Waals surface area contributed by atoms with Gasteiger partial charge >= 0.3 is 0 Å². The number of ether oxygens (including phenoxy) is 2. The first-order chi connectivity index (χ1) is 15.3. The van der Waals surface area contributed by atoms with Crippen LogP contribution in [0.4, 0.5) is 5.69 Å². The van der Waals surface area contributed by atoms with Gasteiger partial charge in [0.25, 0.3) is 5.91 Å². The fourth-order valence-electron chi connectivity index (χ4n) is 3.46. The number of sulfonamides is 1. The lowest BCUT2D eigenvalue weighted by Crippen LogP contribution is -2.29. The second-order valence-corrected chi connectivity index (χ2v) is 9.52. The largest absolute Gasteiger partial charge is 0.454 e. The standard InChI is InChI=1S/C24H24N2O5S/c1-17-5-3-4-6-20(17)15-26(32(2,28)29)21-10-8-19(9-11-21)24(27)25-14-18-7-12-22-23(13-18)31-16-30-22/h3-13H,14-16H2,1-2H3,(H,25,27). The van der Waals surface area contributed by atoms with Gasteiger partial charge in [-0.15, -0.1) is 0 Å². The molecule has 0 atom stereocenters. The van der Waals surface area contributed by atoms with Crippen molar-refractivity contribution >= 4 is 21.6 Å². The van der Waals surface area contributed by atoms with E-state index in [4.69, 9.17) is 9.47 Å². The van der Waals surface area contributed by atoms with Gasteiger partial charge < -0.3 is 14.8 Å². The summed E-state index contributed by atoms with van der Waals surface area (Å²) in [6, 6.07) is 19.7. The molecule has 32 heavy (non-hydrogen) atoms. The average molecular weight is 453 g/mol. The van der Waals surface area contributed by atoms with Crippen molar-refractivity contribution < 1.29 is 22.7 Å². The van der Waals surface area contributed by atoms with Crippen LogP contribution in [0.15, 0.2) is 66.7 Å². The summed E-state index contributed by atoms with van der Waals surface area (Å²) in [5.74, 6) is 1.10. The summed E-state index contributed by atoms with van der Waals surface area (Å²) in [6.45, 7) is 2.70. The minimum absolute atomic E-state index is 0.200. The monoisotopic (exact) mass is 452 g/mol. The molecular formula is C24H24N2O5S. The van der Waals surface area contributed by atoms with Crippen molar-refractivity contribution in [2.45, 2.75) is 20.0 Å². The van der Waals surface area contributed by atoms with E-state index in [1.54, 1.807) is 24.3 Å². The Hall–Kier alpha value is -3.52. The molecule has 1 aliphatic rings. The molecule has 0 saturated carbocycles. The summed E-state index contributed by atoms with van der Waals surface area (Å²) < 4.78 is 36.8. The molecule has 0 aromatic heterocycles. The first-order valence-corrected chi connectivity index (χ1v) is 11.9. The van der Waals surface area contributed by atoms with Crippen molar-refractivity contribution in [3.63, 3.8) is 0 Å². The van der Waals surface area contributed by atoms with Gasteiger partial charge in [0.2, 0.25) is 16.8 Å². The van der Waals surface area contributed by atoms with Gasteiger partial charge in [0, 0.05) is 12.1 Å². The summed E-state index contributed by atoms with van der Waals surface area (Å²) in [5, 5.41) is 2.87. The SMILES string of the molecule is Cc1ccccc1CN(c1ccc(C(=O)NCc2ccc3c(c2)OCO3)cc1)S(C)(=O)=O. The summed E-state index contributed by atoms with van der Waals surface area (Å²) in [5.41, 5.74) is 3.77. The van der Waals surface area contributed by atoms with Gasteiger partial charge in [-0.3, -0.25) is 9.10 Å². The van der Waals surface area contributed by atoms with Crippen molar-refractivity contribution in [2.24, 2.45) is 0 Å². The Kier molecular flexibility index (Phi) is 6.05. The third kappa shape index (κ3) is 4.86. The average Bonchev–Trinajstić information content (AvgIpc) is 3.24. The molecule has 1 N–H and O–H groups in total. The Balaban J connectivity index is 1.45. The first kappa shape index (κ1) is 21.7. The zero-order valence-electron chi connectivity index (χ0n) is 17.9. The van der Waals surface area contributed by atoms with Crippen LogP contribution in [-0.4, -0.2) is 27.4 Å². The maximum absolute atomic E-state index is 12.6. The quantitative estimate of drug-likeness (QED) is 0.592. The van der Waals surface area contributed by atoms with Crippen LogP contribution in [0.3, 0.4) is 0 Å². The van der Waals surface area contributed by atoms with Crippen molar-refractivity contribution in [3.8, 4) is 11.5 Å². The van der Waals surface area contributed by atoms with E-state index in [2.05, 4.69) is 5.32 Å². The maximum Gasteiger partial charge on any atom is 0.251 e. The highest BCUT2D eigenvalue weighted by Gasteiger charge is 2.19. The van der Waals surface area contributed by atoms with E-state index in [9.17, 15) is 13.2 Å². The third-order valence-corrected chi connectivity index (χ3v) is 6.42. The molecule has 4 rings (SSSR count). The molecule has 3 aromatic rings. The smallest absolute Gasteiger partial charge is 0.251 e. The summed E-state index contributed by atoms with van der Waals surface area (Å²) in [4.78, 5) is 12.6. The Morgan fingerprint density at radius 3 is 2.44 bits per heavy atom. The Morgan fingerprint density at radius 2 is 1.72 bits per heavy atom. The number of benzene rings is 3. The van der Waals surface area contributed by atoms with Gasteiger partial charge in [0.1, 0.15) is 0 Å². The predicted octanol–water partition coefficient (Wildman–Crippen LogP) is 3.62. The van der Waals surface area contributed by atoms with E-state index in [-0.39, 0.29) is 19.2 Å². The van der Waals surface area contributed by atoms with Crippen molar-refractivity contribution in [1.82, 2.24) is 5.32 Å². The topological polar surface area (TPSA) is 84.9 Å². The number of hydrogen-bond donors (Lipinski definition) is 1. The van der Waals surface area contributed by atoms with E-state index in [1.165, 1.54) is 10.6 Å². The van der Waals surface area contributed by atoms with Crippen LogP contribution in [0, 0.1) is 6.92 Å². The highest BCUT2D eigenvalue weighted by atomic mass is 32.2. The molecule has 1 heterocycles. The summed E-state index contributed by atoms with van der Waals surface area (Å²) >= 11 is 0. The zero-order valence-corrected chi connectivity index (χ0v) is 18.7. The molecule has 0 saturated heterocycles. The molecule has 0 unspecified atom stereocenters. The molecule has 7 nitrogen and oxygen atoms in total. The molecule has 3 aromatic carbocycles. The molecule has 0 bridgehead atoms. The van der Waals surface area contributed by atoms with Crippen LogP contribution in [0.1, 0.15) is 27.0 Å².